The first-order valence-corrected chi connectivity index (χ1v) is 5.66. The largest absolute Gasteiger partial charge is 0.267 e. The molecule has 0 spiro atoms. The van der Waals surface area contributed by atoms with Crippen LogP contribution in [0.1, 0.15) is 25.7 Å². The second-order valence-corrected chi connectivity index (χ2v) is 5.04. The van der Waals surface area contributed by atoms with Gasteiger partial charge in [-0.1, -0.05) is 12.8 Å². The van der Waals surface area contributed by atoms with Gasteiger partial charge in [-0.05, 0) is 12.8 Å². The van der Waals surface area contributed by atoms with E-state index in [1.165, 1.54) is 6.42 Å². The van der Waals surface area contributed by atoms with Gasteiger partial charge in [0, 0.05) is 5.92 Å². The molecule has 1 aliphatic carbocycles. The van der Waals surface area contributed by atoms with Gasteiger partial charge in [0.1, 0.15) is 0 Å². The van der Waals surface area contributed by atoms with Gasteiger partial charge in [-0.3, -0.25) is 4.18 Å². The molecule has 1 heterocycles. The van der Waals surface area contributed by atoms with Gasteiger partial charge >= 0.3 is 0 Å². The van der Waals surface area contributed by atoms with Crippen molar-refractivity contribution >= 4 is 10.1 Å². The van der Waals surface area contributed by atoms with Crippen LogP contribution in [0.5, 0.6) is 0 Å². The van der Waals surface area contributed by atoms with Crippen molar-refractivity contribution in [2.45, 2.75) is 31.8 Å². The van der Waals surface area contributed by atoms with Crippen molar-refractivity contribution in [3.05, 3.63) is 0 Å². The van der Waals surface area contributed by atoms with Crippen LogP contribution in [-0.4, -0.2) is 20.3 Å². The molecule has 2 fully saturated rings. The maximum absolute atomic E-state index is 11.0. The van der Waals surface area contributed by atoms with Gasteiger partial charge in [0.15, 0.2) is 0 Å². The summed E-state index contributed by atoms with van der Waals surface area (Å²) in [6.45, 7) is 0. The first-order chi connectivity index (χ1) is 5.17. The average molecular weight is 176 g/mol. The van der Waals surface area contributed by atoms with Crippen LogP contribution < -0.4 is 0 Å². The molecule has 0 radical (unpaired) electrons. The summed E-state index contributed by atoms with van der Waals surface area (Å²) in [6, 6.07) is 0. The summed E-state index contributed by atoms with van der Waals surface area (Å²) < 4.78 is 26.9. The van der Waals surface area contributed by atoms with Crippen LogP contribution in [0, 0.1) is 5.92 Å². The highest BCUT2D eigenvalue weighted by Gasteiger charge is 2.39. The van der Waals surface area contributed by atoms with Gasteiger partial charge < -0.3 is 0 Å². The van der Waals surface area contributed by atoms with E-state index >= 15 is 0 Å². The van der Waals surface area contributed by atoms with Crippen molar-refractivity contribution in [2.24, 2.45) is 5.92 Å². The Labute approximate surface area is 66.9 Å². The van der Waals surface area contributed by atoms with Gasteiger partial charge in [-0.2, -0.15) is 8.42 Å². The minimum Gasteiger partial charge on any atom is -0.266 e. The molecule has 2 rings (SSSR count). The number of hydrogen-bond acceptors (Lipinski definition) is 3. The first kappa shape index (κ1) is 7.55. The van der Waals surface area contributed by atoms with E-state index in [0.717, 1.165) is 19.3 Å². The quantitative estimate of drug-likeness (QED) is 0.515. The standard InChI is InChI=1S/C7H12O3S/c8-11(9)5-6-3-1-2-4-7(6)10-11/h6-7H,1-5H2. The molecular formula is C7H12O3S. The lowest BCUT2D eigenvalue weighted by Crippen LogP contribution is -2.21. The highest BCUT2D eigenvalue weighted by Crippen LogP contribution is 2.34. The average Bonchev–Trinajstić information content (AvgIpc) is 2.21. The van der Waals surface area contributed by atoms with E-state index in [2.05, 4.69) is 0 Å². The van der Waals surface area contributed by atoms with Crippen LogP contribution in [0.4, 0.5) is 0 Å². The Bertz CT molecular complexity index is 224. The van der Waals surface area contributed by atoms with Crippen molar-refractivity contribution in [2.75, 3.05) is 5.75 Å². The molecule has 0 aromatic carbocycles. The summed E-state index contributed by atoms with van der Waals surface area (Å²) in [4.78, 5) is 0. The molecule has 11 heavy (non-hydrogen) atoms. The van der Waals surface area contributed by atoms with Crippen molar-refractivity contribution in [3.8, 4) is 0 Å². The molecule has 4 heteroatoms. The molecule has 2 atom stereocenters. The minimum absolute atomic E-state index is 0.0220. The van der Waals surface area contributed by atoms with E-state index in [1.54, 1.807) is 0 Å². The number of fused-ring (bicyclic) bond motifs is 1. The third kappa shape index (κ3) is 1.42. The highest BCUT2D eigenvalue weighted by molar-refractivity contribution is 7.86. The van der Waals surface area contributed by atoms with E-state index < -0.39 is 10.1 Å². The Kier molecular flexibility index (Phi) is 1.68. The lowest BCUT2D eigenvalue weighted by Gasteiger charge is -2.20. The molecule has 0 amide bonds. The monoisotopic (exact) mass is 176 g/mol. The topological polar surface area (TPSA) is 43.4 Å². The summed E-state index contributed by atoms with van der Waals surface area (Å²) in [5, 5.41) is 0. The summed E-state index contributed by atoms with van der Waals surface area (Å²) in [5.41, 5.74) is 0. The smallest absolute Gasteiger partial charge is 0.266 e. The predicted molar refractivity (Wildman–Crippen MR) is 40.6 cm³/mol. The predicted octanol–water partition coefficient (Wildman–Crippen LogP) is 0.905. The number of rotatable bonds is 0. The second-order valence-electron chi connectivity index (χ2n) is 3.40. The van der Waals surface area contributed by atoms with Crippen molar-refractivity contribution < 1.29 is 12.6 Å². The molecule has 0 bridgehead atoms. The van der Waals surface area contributed by atoms with E-state index in [-0.39, 0.29) is 11.9 Å². The molecule has 0 aromatic rings. The molecule has 3 nitrogen and oxygen atoms in total. The molecule has 1 aliphatic heterocycles. The molecular weight excluding hydrogens is 164 g/mol. The van der Waals surface area contributed by atoms with Crippen molar-refractivity contribution in [1.29, 1.82) is 0 Å². The van der Waals surface area contributed by atoms with Crippen LogP contribution in [0.2, 0.25) is 0 Å². The highest BCUT2D eigenvalue weighted by atomic mass is 32.2. The molecule has 64 valence electrons. The minimum atomic E-state index is -3.13. The Morgan fingerprint density at radius 2 is 1.91 bits per heavy atom. The molecule has 2 unspecified atom stereocenters. The summed E-state index contributed by atoms with van der Waals surface area (Å²) in [5.74, 6) is 0.561. The van der Waals surface area contributed by atoms with E-state index in [4.69, 9.17) is 4.18 Å². The second kappa shape index (κ2) is 2.45. The van der Waals surface area contributed by atoms with E-state index in [1.807, 2.05) is 0 Å². The van der Waals surface area contributed by atoms with E-state index in [9.17, 15) is 8.42 Å². The third-order valence-corrected chi connectivity index (χ3v) is 3.90. The van der Waals surface area contributed by atoms with Crippen LogP contribution in [0.25, 0.3) is 0 Å². The molecule has 1 saturated heterocycles. The van der Waals surface area contributed by atoms with Gasteiger partial charge in [-0.15, -0.1) is 0 Å². The fourth-order valence-corrected chi connectivity index (χ4v) is 3.60. The van der Waals surface area contributed by atoms with Crippen molar-refractivity contribution in [3.63, 3.8) is 0 Å². The molecule has 0 aromatic heterocycles. The SMILES string of the molecule is O=S1(=O)CC2CCCCC2O1. The Morgan fingerprint density at radius 1 is 1.18 bits per heavy atom. The van der Waals surface area contributed by atoms with Crippen molar-refractivity contribution in [1.82, 2.24) is 0 Å². The molecule has 0 N–H and O–H groups in total. The van der Waals surface area contributed by atoms with Gasteiger partial charge in [0.25, 0.3) is 10.1 Å². The summed E-state index contributed by atoms with van der Waals surface area (Å²) >= 11 is 0. The zero-order valence-electron chi connectivity index (χ0n) is 6.32. The zero-order valence-corrected chi connectivity index (χ0v) is 7.14. The summed E-state index contributed by atoms with van der Waals surface area (Å²) in [7, 11) is -3.13. The normalized spacial score (nSPS) is 41.8. The number of hydrogen-bond donors (Lipinski definition) is 0. The Balaban J connectivity index is 2.15. The maximum atomic E-state index is 11.0. The third-order valence-electron chi connectivity index (χ3n) is 2.53. The van der Waals surface area contributed by atoms with Crippen LogP contribution >= 0.6 is 0 Å². The fraction of sp³-hybridized carbons (Fsp3) is 1.00. The van der Waals surface area contributed by atoms with Crippen LogP contribution in [0.3, 0.4) is 0 Å². The molecule has 1 saturated carbocycles. The summed E-state index contributed by atoms with van der Waals surface area (Å²) in [6.07, 6.45) is 4.28. The Hall–Kier alpha value is -0.0900. The first-order valence-electron chi connectivity index (χ1n) is 4.08. The lowest BCUT2D eigenvalue weighted by atomic mass is 9.88. The maximum Gasteiger partial charge on any atom is 0.267 e. The van der Waals surface area contributed by atoms with Gasteiger partial charge in [0.05, 0.1) is 11.9 Å². The molecule has 2 aliphatic rings. The van der Waals surface area contributed by atoms with Crippen LogP contribution in [0.15, 0.2) is 0 Å². The Morgan fingerprint density at radius 3 is 2.64 bits per heavy atom. The van der Waals surface area contributed by atoms with Crippen LogP contribution in [-0.2, 0) is 14.3 Å². The van der Waals surface area contributed by atoms with Gasteiger partial charge in [0.2, 0.25) is 0 Å². The fourth-order valence-electron chi connectivity index (χ4n) is 1.98. The van der Waals surface area contributed by atoms with E-state index in [0.29, 0.717) is 5.92 Å². The lowest BCUT2D eigenvalue weighted by molar-refractivity contribution is 0.144. The zero-order chi connectivity index (χ0) is 7.90. The van der Waals surface area contributed by atoms with Gasteiger partial charge in [-0.25, -0.2) is 0 Å².